The fourth-order valence-electron chi connectivity index (χ4n) is 5.45. The van der Waals surface area contributed by atoms with Gasteiger partial charge in [0, 0.05) is 14.2 Å². The predicted molar refractivity (Wildman–Crippen MR) is 120 cm³/mol. The summed E-state index contributed by atoms with van der Waals surface area (Å²) in [7, 11) is 0. The van der Waals surface area contributed by atoms with Gasteiger partial charge in [0.05, 0.1) is 11.8 Å². The van der Waals surface area contributed by atoms with E-state index in [1.54, 1.807) is 0 Å². The highest BCUT2D eigenvalue weighted by molar-refractivity contribution is 5.67. The van der Waals surface area contributed by atoms with E-state index in [4.69, 9.17) is 0 Å². The molecule has 1 aliphatic heterocycles. The quantitative estimate of drug-likeness (QED) is 0.461. The number of aryl methyl sites for hydroxylation is 3. The molecule has 1 fully saturated rings. The summed E-state index contributed by atoms with van der Waals surface area (Å²) < 4.78 is 14.3. The fourth-order valence-corrected chi connectivity index (χ4v) is 5.45. The minimum Gasteiger partial charge on any atom is -0.198 e. The van der Waals surface area contributed by atoms with Crippen molar-refractivity contribution in [1.82, 2.24) is 4.57 Å². The highest BCUT2D eigenvalue weighted by atomic mass is 15.2. The molecular formula is C27H31N2+. The molecule has 5 rings (SSSR count). The lowest BCUT2D eigenvalue weighted by atomic mass is 9.88. The molecule has 148 valence electrons. The topological polar surface area (TPSA) is 8.81 Å². The third kappa shape index (κ3) is 2.80. The van der Waals surface area contributed by atoms with Crippen LogP contribution in [0.2, 0.25) is 0 Å². The lowest BCUT2D eigenvalue weighted by Gasteiger charge is -2.14. The molecule has 2 heterocycles. The maximum atomic E-state index is 9.58. The largest absolute Gasteiger partial charge is 0.299 e. The Morgan fingerprint density at radius 3 is 2.24 bits per heavy atom. The molecule has 3 aromatic rings. The van der Waals surface area contributed by atoms with Crippen molar-refractivity contribution in [2.45, 2.75) is 59.3 Å². The zero-order valence-electron chi connectivity index (χ0n) is 19.0. The first kappa shape index (κ1) is 17.3. The lowest BCUT2D eigenvalue weighted by Crippen LogP contribution is -2.36. The molecule has 2 heteroatoms. The molecule has 2 nitrogen and oxygen atoms in total. The molecule has 0 spiro atoms. The monoisotopic (exact) mass is 384 g/mol. The Labute approximate surface area is 175 Å². The first-order chi connectivity index (χ1) is 14.4. The van der Waals surface area contributed by atoms with Crippen molar-refractivity contribution in [3.63, 3.8) is 0 Å². The Morgan fingerprint density at radius 2 is 1.55 bits per heavy atom. The zero-order chi connectivity index (χ0) is 21.0. The second kappa shape index (κ2) is 7.02. The Hall–Kier alpha value is -2.61. The van der Waals surface area contributed by atoms with Gasteiger partial charge < -0.3 is 0 Å². The standard InChI is InChI=1S/C27H31N2/c1-18-10-5-8-15-24(18)29-21(4)26-23(22-13-6-7-14-22)16-17-28(26)27(29)25-19(2)11-9-12-20(25)3/h5,8-12,15-17,22-23H,6-7,13-14H2,1-4H3/q+1/i23D. The van der Waals surface area contributed by atoms with Crippen molar-refractivity contribution >= 4 is 6.20 Å². The van der Waals surface area contributed by atoms with E-state index >= 15 is 0 Å². The van der Waals surface area contributed by atoms with Gasteiger partial charge in [-0.25, -0.2) is 0 Å². The van der Waals surface area contributed by atoms with Crippen LogP contribution in [0, 0.1) is 33.6 Å². The third-order valence-electron chi connectivity index (χ3n) is 6.89. The third-order valence-corrected chi connectivity index (χ3v) is 6.89. The summed E-state index contributed by atoms with van der Waals surface area (Å²) >= 11 is 0. The number of benzene rings is 2. The molecule has 1 aromatic heterocycles. The molecule has 2 aromatic carbocycles. The highest BCUT2D eigenvalue weighted by Crippen LogP contribution is 2.44. The van der Waals surface area contributed by atoms with E-state index in [9.17, 15) is 1.37 Å². The molecule has 0 N–H and O–H groups in total. The van der Waals surface area contributed by atoms with Crippen molar-refractivity contribution in [2.75, 3.05) is 0 Å². The second-order valence-electron chi connectivity index (χ2n) is 8.77. The van der Waals surface area contributed by atoms with Crippen molar-refractivity contribution in [3.8, 4) is 17.1 Å². The SMILES string of the molecule is [2H]C1(C2CCCC2)C=Cn2c1c(C)[n+](-c1ccccc1C)c2-c1c(C)cccc1C. The summed E-state index contributed by atoms with van der Waals surface area (Å²) in [5.74, 6) is 0.940. The molecule has 1 unspecified atom stereocenters. The number of rotatable bonds is 3. The van der Waals surface area contributed by atoms with Crippen LogP contribution in [0.15, 0.2) is 48.5 Å². The van der Waals surface area contributed by atoms with E-state index in [0.29, 0.717) is 5.92 Å². The van der Waals surface area contributed by atoms with E-state index < -0.39 is 5.89 Å². The zero-order valence-corrected chi connectivity index (χ0v) is 18.0. The van der Waals surface area contributed by atoms with E-state index in [2.05, 4.69) is 91.6 Å². The number of aromatic nitrogens is 2. The molecule has 0 radical (unpaired) electrons. The maximum Gasteiger partial charge on any atom is 0.299 e. The van der Waals surface area contributed by atoms with Gasteiger partial charge in [0.25, 0.3) is 5.82 Å². The summed E-state index contributed by atoms with van der Waals surface area (Å²) in [5, 5.41) is 0. The Balaban J connectivity index is 1.86. The van der Waals surface area contributed by atoms with Gasteiger partial charge in [-0.05, 0) is 68.4 Å². The molecule has 1 aliphatic carbocycles. The maximum absolute atomic E-state index is 9.58. The van der Waals surface area contributed by atoms with Crippen LogP contribution in [0.5, 0.6) is 0 Å². The summed E-state index contributed by atoms with van der Waals surface area (Å²) in [4.78, 5) is 0. The summed E-state index contributed by atoms with van der Waals surface area (Å²) in [6.45, 7) is 8.78. The molecule has 0 saturated heterocycles. The van der Waals surface area contributed by atoms with Crippen molar-refractivity contribution in [3.05, 3.63) is 76.6 Å². The van der Waals surface area contributed by atoms with E-state index in [0.717, 1.165) is 18.5 Å². The minimum absolute atomic E-state index is 0.403. The van der Waals surface area contributed by atoms with Gasteiger partial charge in [0.15, 0.2) is 5.69 Å². The summed E-state index contributed by atoms with van der Waals surface area (Å²) in [6.07, 6.45) is 9.14. The van der Waals surface area contributed by atoms with Gasteiger partial charge in [0.1, 0.15) is 11.4 Å². The molecule has 0 bridgehead atoms. The van der Waals surface area contributed by atoms with Crippen LogP contribution in [0.1, 0.15) is 61.0 Å². The van der Waals surface area contributed by atoms with E-state index in [-0.39, 0.29) is 0 Å². The molecule has 0 amide bonds. The van der Waals surface area contributed by atoms with Crippen molar-refractivity contribution in [2.24, 2.45) is 5.92 Å². The summed E-state index contributed by atoms with van der Waals surface area (Å²) in [5.41, 5.74) is 8.61. The van der Waals surface area contributed by atoms with Gasteiger partial charge in [-0.1, -0.05) is 49.2 Å². The second-order valence-corrected chi connectivity index (χ2v) is 8.77. The summed E-state index contributed by atoms with van der Waals surface area (Å²) in [6, 6.07) is 15.1. The molecular weight excluding hydrogens is 352 g/mol. The first-order valence-corrected chi connectivity index (χ1v) is 10.9. The van der Waals surface area contributed by atoms with E-state index in [1.165, 1.54) is 52.3 Å². The van der Waals surface area contributed by atoms with Crippen LogP contribution in [-0.4, -0.2) is 4.57 Å². The average Bonchev–Trinajstić information content (AvgIpc) is 3.42. The normalized spacial score (nSPS) is 21.6. The molecule has 2 aliphatic rings. The van der Waals surface area contributed by atoms with Gasteiger partial charge in [-0.3, -0.25) is 0 Å². The van der Waals surface area contributed by atoms with Crippen LogP contribution in [0.3, 0.4) is 0 Å². The number of hydrogen-bond donors (Lipinski definition) is 0. The number of para-hydroxylation sites is 1. The number of nitrogens with zero attached hydrogens (tertiary/aromatic N) is 2. The number of allylic oxidation sites excluding steroid dienone is 1. The molecule has 1 saturated carbocycles. The minimum atomic E-state index is -0.639. The van der Waals surface area contributed by atoms with Crippen LogP contribution in [0.25, 0.3) is 23.3 Å². The Kier molecular flexibility index (Phi) is 4.18. The van der Waals surface area contributed by atoms with Crippen molar-refractivity contribution in [1.29, 1.82) is 0 Å². The Bertz CT molecular complexity index is 1140. The number of fused-ring (bicyclic) bond motifs is 1. The number of imidazole rings is 1. The number of hydrogen-bond acceptors (Lipinski definition) is 0. The van der Waals surface area contributed by atoms with Gasteiger partial charge in [-0.15, -0.1) is 0 Å². The van der Waals surface area contributed by atoms with E-state index in [1.807, 2.05) is 0 Å². The van der Waals surface area contributed by atoms with Gasteiger partial charge in [-0.2, -0.15) is 9.13 Å². The van der Waals surface area contributed by atoms with Crippen LogP contribution >= 0.6 is 0 Å². The predicted octanol–water partition coefficient (Wildman–Crippen LogP) is 6.42. The molecule has 1 atom stereocenters. The average molecular weight is 385 g/mol. The van der Waals surface area contributed by atoms with Gasteiger partial charge >= 0.3 is 0 Å². The van der Waals surface area contributed by atoms with Crippen LogP contribution < -0.4 is 4.57 Å². The highest BCUT2D eigenvalue weighted by Gasteiger charge is 2.41. The van der Waals surface area contributed by atoms with Crippen LogP contribution in [0.4, 0.5) is 0 Å². The fraction of sp³-hybridized carbons (Fsp3) is 0.370. The van der Waals surface area contributed by atoms with Crippen LogP contribution in [-0.2, 0) is 0 Å². The first-order valence-electron chi connectivity index (χ1n) is 11.4. The van der Waals surface area contributed by atoms with Crippen molar-refractivity contribution < 1.29 is 5.94 Å². The Morgan fingerprint density at radius 1 is 0.897 bits per heavy atom. The molecule has 29 heavy (non-hydrogen) atoms. The lowest BCUT2D eigenvalue weighted by molar-refractivity contribution is -0.590. The smallest absolute Gasteiger partial charge is 0.198 e. The van der Waals surface area contributed by atoms with Gasteiger partial charge in [0.2, 0.25) is 0 Å².